The maximum Gasteiger partial charge on any atom is 0.322 e. The van der Waals surface area contributed by atoms with E-state index >= 15 is 0 Å². The van der Waals surface area contributed by atoms with Crippen molar-refractivity contribution < 1.29 is 4.74 Å². The highest BCUT2D eigenvalue weighted by molar-refractivity contribution is 8.01. The predicted octanol–water partition coefficient (Wildman–Crippen LogP) is 3.30. The Balaban J connectivity index is 2.22. The van der Waals surface area contributed by atoms with E-state index in [-0.39, 0.29) is 6.10 Å². The number of hydrogen-bond acceptors (Lipinski definition) is 7. The lowest BCUT2D eigenvalue weighted by Gasteiger charge is -2.10. The molecule has 0 saturated heterocycles. The molecule has 0 amide bonds. The fourth-order valence-corrected chi connectivity index (χ4v) is 2.91. The molecular formula is C12H16N4OS2. The number of rotatable bonds is 6. The molecule has 2 aromatic heterocycles. The van der Waals surface area contributed by atoms with Gasteiger partial charge in [0.05, 0.1) is 10.3 Å². The number of ether oxygens (including phenoxy) is 1. The summed E-state index contributed by atoms with van der Waals surface area (Å²) >= 11 is 3.17. The van der Waals surface area contributed by atoms with E-state index in [0.717, 1.165) is 10.8 Å². The second-order valence-corrected chi connectivity index (χ2v) is 6.17. The maximum atomic E-state index is 5.55. The third-order valence-corrected chi connectivity index (χ3v) is 3.86. The molecule has 0 saturated carbocycles. The standard InChI is InChI=1S/C12H16N4OS2/c1-4-13-10-14-11(17-8(2)3)16-12(15-10)19-9-6-5-7-18-9/h5-8H,4H2,1-3H3,(H,13,14,15,16). The van der Waals surface area contributed by atoms with Crippen molar-refractivity contribution in [1.29, 1.82) is 0 Å². The zero-order chi connectivity index (χ0) is 13.7. The molecular weight excluding hydrogens is 280 g/mol. The van der Waals surface area contributed by atoms with Gasteiger partial charge in [-0.2, -0.15) is 15.0 Å². The zero-order valence-corrected chi connectivity index (χ0v) is 12.7. The first kappa shape index (κ1) is 14.1. The molecule has 0 atom stereocenters. The van der Waals surface area contributed by atoms with Gasteiger partial charge >= 0.3 is 6.01 Å². The number of aromatic nitrogens is 3. The van der Waals surface area contributed by atoms with Crippen molar-refractivity contribution in [1.82, 2.24) is 15.0 Å². The first-order chi connectivity index (χ1) is 9.17. The average Bonchev–Trinajstić information content (AvgIpc) is 2.81. The number of nitrogens with zero attached hydrogens (tertiary/aromatic N) is 3. The van der Waals surface area contributed by atoms with Crippen molar-refractivity contribution in [3.8, 4) is 6.01 Å². The van der Waals surface area contributed by atoms with E-state index in [0.29, 0.717) is 17.1 Å². The molecule has 0 aromatic carbocycles. The van der Waals surface area contributed by atoms with Gasteiger partial charge in [0.25, 0.3) is 0 Å². The minimum atomic E-state index is 0.0384. The van der Waals surface area contributed by atoms with Gasteiger partial charge in [0.2, 0.25) is 11.1 Å². The summed E-state index contributed by atoms with van der Waals surface area (Å²) in [5.41, 5.74) is 0. The van der Waals surface area contributed by atoms with Crippen LogP contribution in [0.2, 0.25) is 0 Å². The van der Waals surface area contributed by atoms with Crippen LogP contribution in [0.25, 0.3) is 0 Å². The van der Waals surface area contributed by atoms with Crippen molar-refractivity contribution in [2.45, 2.75) is 36.2 Å². The molecule has 0 aliphatic rings. The average molecular weight is 296 g/mol. The van der Waals surface area contributed by atoms with Gasteiger partial charge in [0.1, 0.15) is 0 Å². The molecule has 1 N–H and O–H groups in total. The number of anilines is 1. The summed E-state index contributed by atoms with van der Waals surface area (Å²) in [6.45, 7) is 6.65. The maximum absolute atomic E-state index is 5.55. The van der Waals surface area contributed by atoms with Crippen LogP contribution >= 0.6 is 23.1 Å². The van der Waals surface area contributed by atoms with Crippen LogP contribution < -0.4 is 10.1 Å². The van der Waals surface area contributed by atoms with Crippen molar-refractivity contribution in [2.24, 2.45) is 0 Å². The lowest BCUT2D eigenvalue weighted by molar-refractivity contribution is 0.219. The van der Waals surface area contributed by atoms with Gasteiger partial charge < -0.3 is 10.1 Å². The SMILES string of the molecule is CCNc1nc(OC(C)C)nc(Sc2cccs2)n1. The third kappa shape index (κ3) is 4.36. The third-order valence-electron chi connectivity index (χ3n) is 1.96. The summed E-state index contributed by atoms with van der Waals surface area (Å²) < 4.78 is 6.69. The summed E-state index contributed by atoms with van der Waals surface area (Å²) in [6, 6.07) is 4.40. The monoisotopic (exact) mass is 296 g/mol. The summed E-state index contributed by atoms with van der Waals surface area (Å²) in [7, 11) is 0. The topological polar surface area (TPSA) is 59.9 Å². The molecule has 0 spiro atoms. The number of hydrogen-bond donors (Lipinski definition) is 1. The van der Waals surface area contributed by atoms with E-state index in [4.69, 9.17) is 4.74 Å². The van der Waals surface area contributed by atoms with Gasteiger partial charge in [-0.25, -0.2) is 0 Å². The van der Waals surface area contributed by atoms with Gasteiger partial charge in [0.15, 0.2) is 0 Å². The first-order valence-electron chi connectivity index (χ1n) is 6.05. The molecule has 7 heteroatoms. The van der Waals surface area contributed by atoms with Crippen LogP contribution in [-0.2, 0) is 0 Å². The molecule has 19 heavy (non-hydrogen) atoms. The molecule has 0 radical (unpaired) electrons. The fourth-order valence-electron chi connectivity index (χ4n) is 1.30. The number of thiophene rings is 1. The van der Waals surface area contributed by atoms with Crippen molar-refractivity contribution >= 4 is 29.0 Å². The van der Waals surface area contributed by atoms with Crippen LogP contribution in [0.3, 0.4) is 0 Å². The Morgan fingerprint density at radius 2 is 2.21 bits per heavy atom. The largest absolute Gasteiger partial charge is 0.461 e. The van der Waals surface area contributed by atoms with E-state index in [2.05, 4.69) is 20.3 Å². The van der Waals surface area contributed by atoms with E-state index in [9.17, 15) is 0 Å². The Kier molecular flexibility index (Phi) is 4.98. The van der Waals surface area contributed by atoms with Gasteiger partial charge in [-0.15, -0.1) is 11.3 Å². The van der Waals surface area contributed by atoms with Crippen LogP contribution in [-0.4, -0.2) is 27.6 Å². The van der Waals surface area contributed by atoms with E-state index < -0.39 is 0 Å². The summed E-state index contributed by atoms with van der Waals surface area (Å²) in [5.74, 6) is 0.548. The zero-order valence-electron chi connectivity index (χ0n) is 11.1. The predicted molar refractivity (Wildman–Crippen MR) is 78.2 cm³/mol. The fraction of sp³-hybridized carbons (Fsp3) is 0.417. The highest BCUT2D eigenvalue weighted by Crippen LogP contribution is 2.30. The Bertz CT molecular complexity index is 516. The quantitative estimate of drug-likeness (QED) is 0.882. The summed E-state index contributed by atoms with van der Waals surface area (Å²) in [6.07, 6.45) is 0.0384. The minimum Gasteiger partial charge on any atom is -0.461 e. The molecule has 2 rings (SSSR count). The Morgan fingerprint density at radius 1 is 1.37 bits per heavy atom. The molecule has 0 aliphatic carbocycles. The molecule has 102 valence electrons. The van der Waals surface area contributed by atoms with Crippen molar-refractivity contribution in [2.75, 3.05) is 11.9 Å². The Morgan fingerprint density at radius 3 is 2.84 bits per heavy atom. The summed E-state index contributed by atoms with van der Waals surface area (Å²) in [4.78, 5) is 12.9. The smallest absolute Gasteiger partial charge is 0.322 e. The van der Waals surface area contributed by atoms with Crippen LogP contribution in [0.1, 0.15) is 20.8 Å². The van der Waals surface area contributed by atoms with Crippen molar-refractivity contribution in [3.63, 3.8) is 0 Å². The van der Waals surface area contributed by atoms with E-state index in [1.807, 2.05) is 38.3 Å². The normalized spacial score (nSPS) is 10.7. The highest BCUT2D eigenvalue weighted by atomic mass is 32.2. The second-order valence-electron chi connectivity index (χ2n) is 3.96. The highest BCUT2D eigenvalue weighted by Gasteiger charge is 2.10. The van der Waals surface area contributed by atoms with Gasteiger partial charge in [0, 0.05) is 6.54 Å². The van der Waals surface area contributed by atoms with E-state index in [1.165, 1.54) is 11.8 Å². The molecule has 0 unspecified atom stereocenters. The summed E-state index contributed by atoms with van der Waals surface area (Å²) in [5, 5.41) is 5.76. The van der Waals surface area contributed by atoms with Crippen LogP contribution in [0.15, 0.2) is 26.9 Å². The lowest BCUT2D eigenvalue weighted by Crippen LogP contribution is -2.11. The Labute approximate surface area is 120 Å². The van der Waals surface area contributed by atoms with Gasteiger partial charge in [-0.1, -0.05) is 6.07 Å². The van der Waals surface area contributed by atoms with Gasteiger partial charge in [-0.05, 0) is 44.0 Å². The molecule has 2 aromatic rings. The molecule has 0 fully saturated rings. The molecule has 2 heterocycles. The van der Waals surface area contributed by atoms with Crippen LogP contribution in [0.5, 0.6) is 6.01 Å². The molecule has 5 nitrogen and oxygen atoms in total. The van der Waals surface area contributed by atoms with Crippen LogP contribution in [0.4, 0.5) is 5.95 Å². The molecule has 0 bridgehead atoms. The minimum absolute atomic E-state index is 0.0384. The first-order valence-corrected chi connectivity index (χ1v) is 7.75. The lowest BCUT2D eigenvalue weighted by atomic mass is 10.5. The Hall–Kier alpha value is -1.34. The number of nitrogens with one attached hydrogen (secondary N) is 1. The van der Waals surface area contributed by atoms with Gasteiger partial charge in [-0.3, -0.25) is 0 Å². The van der Waals surface area contributed by atoms with E-state index in [1.54, 1.807) is 11.3 Å². The van der Waals surface area contributed by atoms with Crippen LogP contribution in [0, 0.1) is 0 Å². The molecule has 0 aliphatic heterocycles. The van der Waals surface area contributed by atoms with Crippen molar-refractivity contribution in [3.05, 3.63) is 17.5 Å². The second kappa shape index (κ2) is 6.72.